The molecular formula is C25H28N4O2. The van der Waals surface area contributed by atoms with Crippen molar-refractivity contribution >= 4 is 16.9 Å². The molecule has 1 unspecified atom stereocenters. The van der Waals surface area contributed by atoms with Crippen LogP contribution in [0.25, 0.3) is 11.0 Å². The van der Waals surface area contributed by atoms with Crippen LogP contribution in [0.4, 0.5) is 0 Å². The lowest BCUT2D eigenvalue weighted by molar-refractivity contribution is 0.0431. The predicted octanol–water partition coefficient (Wildman–Crippen LogP) is 3.39. The van der Waals surface area contributed by atoms with E-state index in [0.717, 1.165) is 24.3 Å². The first-order valence-electron chi connectivity index (χ1n) is 11.2. The molecule has 1 aliphatic carbocycles. The van der Waals surface area contributed by atoms with Gasteiger partial charge in [-0.15, -0.1) is 0 Å². The number of aromatic nitrogens is 2. The molecule has 2 fully saturated rings. The van der Waals surface area contributed by atoms with Crippen molar-refractivity contribution in [2.75, 3.05) is 19.6 Å². The number of hydrogen-bond donors (Lipinski definition) is 0. The van der Waals surface area contributed by atoms with E-state index < -0.39 is 0 Å². The number of fused-ring (bicyclic) bond motifs is 1. The second-order valence-corrected chi connectivity index (χ2v) is 8.63. The molecule has 1 atom stereocenters. The monoisotopic (exact) mass is 416 g/mol. The van der Waals surface area contributed by atoms with Crippen LogP contribution in [0, 0.1) is 6.92 Å². The molecule has 0 radical (unpaired) electrons. The molecule has 1 saturated heterocycles. The Labute approximate surface area is 182 Å². The molecule has 1 aromatic carbocycles. The smallest absolute Gasteiger partial charge is 0.259 e. The van der Waals surface area contributed by atoms with E-state index >= 15 is 0 Å². The third-order valence-corrected chi connectivity index (χ3v) is 6.55. The molecule has 31 heavy (non-hydrogen) atoms. The van der Waals surface area contributed by atoms with Crippen LogP contribution in [-0.2, 0) is 6.54 Å². The number of hydrogen-bond acceptors (Lipinski definition) is 4. The van der Waals surface area contributed by atoms with Gasteiger partial charge in [0.2, 0.25) is 5.43 Å². The van der Waals surface area contributed by atoms with Gasteiger partial charge in [0, 0.05) is 44.1 Å². The van der Waals surface area contributed by atoms with Gasteiger partial charge in [0.25, 0.3) is 5.91 Å². The van der Waals surface area contributed by atoms with E-state index in [2.05, 4.69) is 22.0 Å². The number of amides is 1. The van der Waals surface area contributed by atoms with Gasteiger partial charge < -0.3 is 9.47 Å². The number of aryl methyl sites for hydroxylation is 2. The van der Waals surface area contributed by atoms with Crippen molar-refractivity contribution in [1.82, 2.24) is 19.4 Å². The molecule has 0 N–H and O–H groups in total. The van der Waals surface area contributed by atoms with Crippen LogP contribution in [-0.4, -0.2) is 50.9 Å². The first-order chi connectivity index (χ1) is 15.1. The largest absolute Gasteiger partial charge is 0.332 e. The Morgan fingerprint density at radius 3 is 2.58 bits per heavy atom. The van der Waals surface area contributed by atoms with Gasteiger partial charge in [-0.1, -0.05) is 30.3 Å². The SMILES string of the molecule is CCn1cc(C(=O)N2CCN(C3CC3)CC2c2ccccc2)c(=O)c2ccc(C)nc21. The van der Waals surface area contributed by atoms with Crippen LogP contribution in [0.15, 0.2) is 53.5 Å². The fourth-order valence-corrected chi connectivity index (χ4v) is 4.69. The first-order valence-corrected chi connectivity index (χ1v) is 11.2. The molecule has 1 aliphatic heterocycles. The lowest BCUT2D eigenvalue weighted by Crippen LogP contribution is -2.52. The van der Waals surface area contributed by atoms with E-state index in [1.807, 2.05) is 47.6 Å². The molecule has 160 valence electrons. The summed E-state index contributed by atoms with van der Waals surface area (Å²) in [5.41, 5.74) is 2.63. The van der Waals surface area contributed by atoms with Gasteiger partial charge in [0.05, 0.1) is 11.4 Å². The maximum atomic E-state index is 13.7. The Kier molecular flexibility index (Phi) is 5.10. The van der Waals surface area contributed by atoms with Gasteiger partial charge in [-0.25, -0.2) is 4.98 Å². The number of carbonyl (C=O) groups excluding carboxylic acids is 1. The van der Waals surface area contributed by atoms with Crippen molar-refractivity contribution in [1.29, 1.82) is 0 Å². The molecule has 1 saturated carbocycles. The maximum absolute atomic E-state index is 13.7. The van der Waals surface area contributed by atoms with Gasteiger partial charge in [0.15, 0.2) is 0 Å². The standard InChI is InChI=1S/C25H28N4O2/c1-3-27-15-21(23(30)20-12-9-17(2)26-24(20)27)25(31)29-14-13-28(19-10-11-19)16-22(29)18-7-5-4-6-8-18/h4-9,12,15,19,22H,3,10-11,13-14,16H2,1-2H3. The summed E-state index contributed by atoms with van der Waals surface area (Å²) < 4.78 is 1.91. The molecular weight excluding hydrogens is 388 g/mol. The van der Waals surface area contributed by atoms with Crippen molar-refractivity contribution in [3.63, 3.8) is 0 Å². The molecule has 1 amide bonds. The summed E-state index contributed by atoms with van der Waals surface area (Å²) >= 11 is 0. The molecule has 2 aliphatic rings. The fraction of sp³-hybridized carbons (Fsp3) is 0.400. The van der Waals surface area contributed by atoms with Crippen molar-refractivity contribution in [2.24, 2.45) is 0 Å². The summed E-state index contributed by atoms with van der Waals surface area (Å²) in [6.07, 6.45) is 4.19. The molecule has 2 aromatic heterocycles. The van der Waals surface area contributed by atoms with Crippen LogP contribution in [0.5, 0.6) is 0 Å². The third-order valence-electron chi connectivity index (χ3n) is 6.55. The molecule has 0 bridgehead atoms. The lowest BCUT2D eigenvalue weighted by Gasteiger charge is -2.42. The molecule has 3 heterocycles. The molecule has 5 rings (SSSR count). The van der Waals surface area contributed by atoms with Crippen LogP contribution in [0.3, 0.4) is 0 Å². The zero-order valence-corrected chi connectivity index (χ0v) is 18.1. The number of rotatable bonds is 4. The van der Waals surface area contributed by atoms with Gasteiger partial charge >= 0.3 is 0 Å². The average molecular weight is 417 g/mol. The lowest BCUT2D eigenvalue weighted by atomic mass is 10.0. The van der Waals surface area contributed by atoms with Gasteiger partial charge in [0.1, 0.15) is 11.2 Å². The minimum atomic E-state index is -0.228. The number of pyridine rings is 2. The van der Waals surface area contributed by atoms with Gasteiger partial charge in [-0.05, 0) is 44.4 Å². The summed E-state index contributed by atoms with van der Waals surface area (Å²) in [6.45, 7) is 6.86. The second-order valence-electron chi connectivity index (χ2n) is 8.63. The van der Waals surface area contributed by atoms with Crippen molar-refractivity contribution in [2.45, 2.75) is 45.3 Å². The van der Waals surface area contributed by atoms with Crippen molar-refractivity contribution < 1.29 is 4.79 Å². The topological polar surface area (TPSA) is 58.4 Å². The van der Waals surface area contributed by atoms with Gasteiger partial charge in [-0.3, -0.25) is 14.5 Å². The van der Waals surface area contributed by atoms with E-state index in [0.29, 0.717) is 30.2 Å². The molecule has 6 heteroatoms. The molecule has 0 spiro atoms. The Morgan fingerprint density at radius 1 is 1.10 bits per heavy atom. The van der Waals surface area contributed by atoms with Crippen LogP contribution in [0.2, 0.25) is 0 Å². The Balaban J connectivity index is 1.56. The highest BCUT2D eigenvalue weighted by Gasteiger charge is 2.38. The highest BCUT2D eigenvalue weighted by Crippen LogP contribution is 2.34. The van der Waals surface area contributed by atoms with Crippen LogP contribution >= 0.6 is 0 Å². The summed E-state index contributed by atoms with van der Waals surface area (Å²) in [5.74, 6) is -0.182. The number of nitrogens with zero attached hydrogens (tertiary/aromatic N) is 4. The second kappa shape index (κ2) is 7.93. The summed E-state index contributed by atoms with van der Waals surface area (Å²) in [4.78, 5) is 36.0. The Hall–Kier alpha value is -2.99. The minimum absolute atomic E-state index is 0.0515. The van der Waals surface area contributed by atoms with Crippen molar-refractivity contribution in [3.8, 4) is 0 Å². The van der Waals surface area contributed by atoms with Gasteiger partial charge in [-0.2, -0.15) is 0 Å². The summed E-state index contributed by atoms with van der Waals surface area (Å²) in [5, 5.41) is 0.506. The molecule has 6 nitrogen and oxygen atoms in total. The van der Waals surface area contributed by atoms with Crippen LogP contribution in [0.1, 0.15) is 47.4 Å². The maximum Gasteiger partial charge on any atom is 0.259 e. The van der Waals surface area contributed by atoms with Crippen molar-refractivity contribution in [3.05, 3.63) is 75.7 Å². The zero-order chi connectivity index (χ0) is 21.5. The quantitative estimate of drug-likeness (QED) is 0.654. The normalized spacial score (nSPS) is 19.7. The first kappa shape index (κ1) is 19.9. The Bertz CT molecular complexity index is 1180. The highest BCUT2D eigenvalue weighted by molar-refractivity contribution is 5.97. The number of carbonyl (C=O) groups is 1. The third kappa shape index (κ3) is 3.65. The summed E-state index contributed by atoms with van der Waals surface area (Å²) in [7, 11) is 0. The fourth-order valence-electron chi connectivity index (χ4n) is 4.69. The van der Waals surface area contributed by atoms with E-state index in [-0.39, 0.29) is 22.9 Å². The highest BCUT2D eigenvalue weighted by atomic mass is 16.2. The molecule has 3 aromatic rings. The number of benzene rings is 1. The van der Waals surface area contributed by atoms with Crippen LogP contribution < -0.4 is 5.43 Å². The average Bonchev–Trinajstić information content (AvgIpc) is 3.65. The van der Waals surface area contributed by atoms with E-state index in [4.69, 9.17) is 0 Å². The Morgan fingerprint density at radius 2 is 1.87 bits per heavy atom. The van der Waals surface area contributed by atoms with E-state index in [9.17, 15) is 9.59 Å². The van der Waals surface area contributed by atoms with E-state index in [1.54, 1.807) is 12.3 Å². The summed E-state index contributed by atoms with van der Waals surface area (Å²) in [6, 6.07) is 14.4. The van der Waals surface area contributed by atoms with E-state index in [1.165, 1.54) is 12.8 Å². The zero-order valence-electron chi connectivity index (χ0n) is 18.1. The minimum Gasteiger partial charge on any atom is -0.332 e. The predicted molar refractivity (Wildman–Crippen MR) is 121 cm³/mol. The number of piperazine rings is 1.